The van der Waals surface area contributed by atoms with Gasteiger partial charge in [-0.15, -0.1) is 16.8 Å². The van der Waals surface area contributed by atoms with Crippen LogP contribution in [0.2, 0.25) is 0 Å². The van der Waals surface area contributed by atoms with E-state index in [4.69, 9.17) is 0 Å². The van der Waals surface area contributed by atoms with Crippen molar-refractivity contribution in [1.82, 2.24) is 14.8 Å². The zero-order valence-corrected chi connectivity index (χ0v) is 15.6. The number of thioether (sulfide) groups is 1. The number of rotatable bonds is 7. The molecule has 0 aliphatic rings. The van der Waals surface area contributed by atoms with E-state index < -0.39 is 11.1 Å². The molecule has 1 heterocycles. The predicted octanol–water partition coefficient (Wildman–Crippen LogP) is 4.39. The summed E-state index contributed by atoms with van der Waals surface area (Å²) in [5.74, 6) is -0.0662. The van der Waals surface area contributed by atoms with Crippen molar-refractivity contribution in [2.45, 2.75) is 23.9 Å². The number of hydrogen-bond acceptors (Lipinski definition) is 4. The summed E-state index contributed by atoms with van der Waals surface area (Å²) in [6, 6.07) is 15.8. The number of halogens is 1. The molecule has 0 aliphatic heterocycles. The van der Waals surface area contributed by atoms with Gasteiger partial charge in [0.25, 0.3) is 0 Å². The lowest BCUT2D eigenvalue weighted by Gasteiger charge is -2.13. The molecule has 1 atom stereocenters. The minimum absolute atomic E-state index is 0.160. The monoisotopic (exact) mass is 382 g/mol. The first kappa shape index (κ1) is 18.8. The quantitative estimate of drug-likeness (QED) is 0.486. The fraction of sp³-hybridized carbons (Fsp3) is 0.150. The highest BCUT2D eigenvalue weighted by Crippen LogP contribution is 2.27. The first-order valence-electron chi connectivity index (χ1n) is 8.41. The van der Waals surface area contributed by atoms with Crippen LogP contribution >= 0.6 is 11.8 Å². The molecule has 0 aliphatic carbocycles. The molecule has 7 heteroatoms. The van der Waals surface area contributed by atoms with E-state index >= 15 is 0 Å². The van der Waals surface area contributed by atoms with Gasteiger partial charge in [0.05, 0.1) is 10.9 Å². The van der Waals surface area contributed by atoms with Crippen molar-refractivity contribution >= 4 is 23.4 Å². The van der Waals surface area contributed by atoms with Crippen molar-refractivity contribution < 1.29 is 9.18 Å². The molecule has 1 N–H and O–H groups in total. The number of carbonyl (C=O) groups excluding carboxylic acids is 1. The normalized spacial score (nSPS) is 11.8. The highest BCUT2D eigenvalue weighted by Gasteiger charge is 2.21. The van der Waals surface area contributed by atoms with Crippen molar-refractivity contribution in [3.63, 3.8) is 0 Å². The van der Waals surface area contributed by atoms with Crippen molar-refractivity contribution in [3.8, 4) is 11.4 Å². The Morgan fingerprint density at radius 1 is 1.22 bits per heavy atom. The van der Waals surface area contributed by atoms with Gasteiger partial charge >= 0.3 is 0 Å². The van der Waals surface area contributed by atoms with Crippen LogP contribution in [0, 0.1) is 5.82 Å². The number of nitrogens with one attached hydrogen (secondary N) is 1. The number of nitrogens with zero attached hydrogens (tertiary/aromatic N) is 3. The summed E-state index contributed by atoms with van der Waals surface area (Å²) >= 11 is 1.27. The summed E-state index contributed by atoms with van der Waals surface area (Å²) in [6.45, 7) is 6.05. The molecule has 138 valence electrons. The molecule has 0 saturated heterocycles. The fourth-order valence-electron chi connectivity index (χ4n) is 2.48. The van der Waals surface area contributed by atoms with E-state index in [0.717, 1.165) is 5.56 Å². The van der Waals surface area contributed by atoms with Crippen LogP contribution in [0.25, 0.3) is 11.4 Å². The average Bonchev–Trinajstić information content (AvgIpc) is 3.07. The Labute approximate surface area is 161 Å². The molecule has 3 rings (SSSR count). The highest BCUT2D eigenvalue weighted by atomic mass is 32.2. The van der Waals surface area contributed by atoms with Gasteiger partial charge in [-0.05, 0) is 19.1 Å². The van der Waals surface area contributed by atoms with E-state index in [2.05, 4.69) is 22.1 Å². The lowest BCUT2D eigenvalue weighted by Crippen LogP contribution is -2.23. The Morgan fingerprint density at radius 3 is 2.63 bits per heavy atom. The van der Waals surface area contributed by atoms with Gasteiger partial charge < -0.3 is 5.32 Å². The summed E-state index contributed by atoms with van der Waals surface area (Å²) in [7, 11) is 0. The molecule has 0 radical (unpaired) electrons. The van der Waals surface area contributed by atoms with Gasteiger partial charge in [0, 0.05) is 12.1 Å². The fourth-order valence-corrected chi connectivity index (χ4v) is 3.34. The Kier molecular flexibility index (Phi) is 6.03. The molecule has 1 aromatic heterocycles. The van der Waals surface area contributed by atoms with Crippen LogP contribution in [0.1, 0.15) is 6.92 Å². The summed E-state index contributed by atoms with van der Waals surface area (Å²) in [6.07, 6.45) is 1.75. The van der Waals surface area contributed by atoms with E-state index in [-0.39, 0.29) is 11.6 Å². The third-order valence-electron chi connectivity index (χ3n) is 3.84. The number of carbonyl (C=O) groups is 1. The zero-order valence-electron chi connectivity index (χ0n) is 14.8. The molecule has 0 unspecified atom stereocenters. The Balaban J connectivity index is 1.78. The molecule has 0 spiro atoms. The average molecular weight is 382 g/mol. The van der Waals surface area contributed by atoms with Crippen molar-refractivity contribution in [3.05, 3.63) is 73.1 Å². The number of hydrogen-bond donors (Lipinski definition) is 1. The topological polar surface area (TPSA) is 59.8 Å². The highest BCUT2D eigenvalue weighted by molar-refractivity contribution is 8.00. The molecule has 3 aromatic rings. The zero-order chi connectivity index (χ0) is 19.2. The minimum Gasteiger partial charge on any atom is -0.323 e. The first-order valence-corrected chi connectivity index (χ1v) is 9.29. The second-order valence-corrected chi connectivity index (χ2v) is 7.11. The molecule has 1 amide bonds. The van der Waals surface area contributed by atoms with Gasteiger partial charge in [-0.3, -0.25) is 9.36 Å². The van der Waals surface area contributed by atoms with Gasteiger partial charge in [0.2, 0.25) is 5.91 Å². The Morgan fingerprint density at radius 2 is 1.93 bits per heavy atom. The van der Waals surface area contributed by atoms with Gasteiger partial charge in [-0.2, -0.15) is 0 Å². The Bertz CT molecular complexity index is 942. The summed E-state index contributed by atoms with van der Waals surface area (Å²) < 4.78 is 15.6. The summed E-state index contributed by atoms with van der Waals surface area (Å²) in [4.78, 5) is 12.4. The second kappa shape index (κ2) is 8.64. The molecule has 0 bridgehead atoms. The minimum atomic E-state index is -0.485. The third-order valence-corrected chi connectivity index (χ3v) is 4.92. The van der Waals surface area contributed by atoms with Crippen molar-refractivity contribution in [1.29, 1.82) is 0 Å². The first-order chi connectivity index (χ1) is 13.1. The summed E-state index contributed by atoms with van der Waals surface area (Å²) in [5, 5.41) is 11.2. The van der Waals surface area contributed by atoms with Gasteiger partial charge in [-0.25, -0.2) is 4.39 Å². The standard InChI is InChI=1S/C20H19FN4OS/c1-3-13-25-18(15-9-5-4-6-10-15)23-24-20(25)27-14(2)19(26)22-17-12-8-7-11-16(17)21/h3-12,14H,1,13H2,2H3,(H,22,26)/t14-/m1/s1. The van der Waals surface area contributed by atoms with Crippen LogP contribution in [0.3, 0.4) is 0 Å². The van der Waals surface area contributed by atoms with Crippen molar-refractivity contribution in [2.75, 3.05) is 5.32 Å². The number of benzene rings is 2. The van der Waals surface area contributed by atoms with E-state index in [1.54, 1.807) is 25.1 Å². The third kappa shape index (κ3) is 4.43. The number of amides is 1. The Hall–Kier alpha value is -2.93. The number of anilines is 1. The molecule has 0 saturated carbocycles. The van der Waals surface area contributed by atoms with E-state index in [1.807, 2.05) is 34.9 Å². The number of allylic oxidation sites excluding steroid dienone is 1. The van der Waals surface area contributed by atoms with Crippen LogP contribution in [0.4, 0.5) is 10.1 Å². The van der Waals surface area contributed by atoms with Crippen LogP contribution in [-0.2, 0) is 11.3 Å². The van der Waals surface area contributed by atoms with E-state index in [0.29, 0.717) is 17.5 Å². The molecule has 0 fully saturated rings. The molecule has 2 aromatic carbocycles. The lowest BCUT2D eigenvalue weighted by atomic mass is 10.2. The smallest absolute Gasteiger partial charge is 0.237 e. The molecular weight excluding hydrogens is 363 g/mol. The largest absolute Gasteiger partial charge is 0.323 e. The van der Waals surface area contributed by atoms with Crippen molar-refractivity contribution in [2.24, 2.45) is 0 Å². The second-order valence-electron chi connectivity index (χ2n) is 5.80. The van der Waals surface area contributed by atoms with Crippen LogP contribution in [0.5, 0.6) is 0 Å². The maximum Gasteiger partial charge on any atom is 0.237 e. The van der Waals surface area contributed by atoms with E-state index in [1.165, 1.54) is 23.9 Å². The predicted molar refractivity (Wildman–Crippen MR) is 106 cm³/mol. The van der Waals surface area contributed by atoms with Gasteiger partial charge in [0.1, 0.15) is 5.82 Å². The summed E-state index contributed by atoms with van der Waals surface area (Å²) in [5.41, 5.74) is 1.09. The van der Waals surface area contributed by atoms with Crippen LogP contribution in [-0.4, -0.2) is 25.9 Å². The SMILES string of the molecule is C=CCn1c(S[C@H](C)C(=O)Nc2ccccc2F)nnc1-c1ccccc1. The van der Waals surface area contributed by atoms with Gasteiger partial charge in [-0.1, -0.05) is 60.3 Å². The molecule has 5 nitrogen and oxygen atoms in total. The van der Waals surface area contributed by atoms with Crippen LogP contribution in [0.15, 0.2) is 72.4 Å². The number of para-hydroxylation sites is 1. The van der Waals surface area contributed by atoms with E-state index in [9.17, 15) is 9.18 Å². The maximum atomic E-state index is 13.7. The maximum absolute atomic E-state index is 13.7. The van der Waals surface area contributed by atoms with Crippen LogP contribution < -0.4 is 5.32 Å². The van der Waals surface area contributed by atoms with Gasteiger partial charge in [0.15, 0.2) is 11.0 Å². The molecule has 27 heavy (non-hydrogen) atoms. The lowest BCUT2D eigenvalue weighted by molar-refractivity contribution is -0.115. The molecular formula is C20H19FN4OS. The number of aromatic nitrogens is 3.